The fraction of sp³-hybridized carbons (Fsp3) is 0.912. The number of carboxylic acids is 1. The van der Waals surface area contributed by atoms with Crippen molar-refractivity contribution in [2.75, 3.05) is 0 Å². The Labute approximate surface area is 287 Å². The molecule has 14 nitrogen and oxygen atoms in total. The number of allylic oxidation sites excluding steroid dienone is 2. The first-order valence-electron chi connectivity index (χ1n) is 17.6. The third-order valence-corrected chi connectivity index (χ3v) is 14.3. The molecule has 2 aliphatic heterocycles. The van der Waals surface area contributed by atoms with Crippen LogP contribution in [0.25, 0.3) is 0 Å². The van der Waals surface area contributed by atoms with Gasteiger partial charge in [0.2, 0.25) is 0 Å². The SMILES string of the molecule is CC(C)[C@@H](C)[C@H](O)[C@@H]1O[C@H]2C[C@H]3[C@@H]4C[C@H](OS(=O)(=O)O)[C@H]5C[C@@H](O[C@@H]6O[C@H](C(=O)O)[C@@H](O)[C@H](O)[C@H]6O)CC[C@]5(C)C4=CC[C@]3(C)[C@H]2[C@@]1(C)O. The Morgan fingerprint density at radius 3 is 2.29 bits per heavy atom. The second-order valence-electron chi connectivity index (χ2n) is 16.8. The van der Waals surface area contributed by atoms with Crippen LogP contribution in [0, 0.1) is 46.3 Å². The Morgan fingerprint density at radius 1 is 1.00 bits per heavy atom. The van der Waals surface area contributed by atoms with Crippen molar-refractivity contribution in [1.29, 1.82) is 0 Å². The molecule has 49 heavy (non-hydrogen) atoms. The van der Waals surface area contributed by atoms with Gasteiger partial charge in [-0.15, -0.1) is 0 Å². The van der Waals surface area contributed by atoms with Gasteiger partial charge >= 0.3 is 16.4 Å². The Kier molecular flexibility index (Phi) is 9.73. The Hall–Kier alpha value is -1.24. The summed E-state index contributed by atoms with van der Waals surface area (Å²) in [5.74, 6) is -2.31. The molecule has 6 aliphatic rings. The summed E-state index contributed by atoms with van der Waals surface area (Å²) in [6.07, 6.45) is -7.38. The average Bonchev–Trinajstić information content (AvgIpc) is 3.46. The minimum atomic E-state index is -4.87. The molecular weight excluding hydrogens is 664 g/mol. The van der Waals surface area contributed by atoms with Gasteiger partial charge in [0, 0.05) is 5.92 Å². The number of aliphatic hydroxyl groups excluding tert-OH is 4. The van der Waals surface area contributed by atoms with E-state index in [0.717, 1.165) is 5.57 Å². The molecule has 3 saturated carbocycles. The van der Waals surface area contributed by atoms with Gasteiger partial charge in [-0.2, -0.15) is 8.42 Å². The van der Waals surface area contributed by atoms with E-state index in [-0.39, 0.29) is 48.5 Å². The standard InChI is InChI=1S/C34H54O14S/c1-14(2)15(3)23(35)29-34(6,41)28-22(46-29)13-19-17-12-21(48-49(42,43)44)20-11-16(7-9-32(20,4)18(17)8-10-33(19,28)5)45-31-26(38)24(36)25(37)27(47-31)30(39)40/h8,14-17,19-29,31,35-38,41H,7,9-13H2,1-6H3,(H,39,40)(H,42,43,44)/t15-,16+,17-,19+,20-,21+,22+,23+,24+,25+,26-,27+,28+,29+,31-,32-,33+,34-/m1/s1. The lowest BCUT2D eigenvalue weighted by Crippen LogP contribution is -2.61. The maximum absolute atomic E-state index is 12.2. The third-order valence-electron chi connectivity index (χ3n) is 13.8. The monoisotopic (exact) mass is 718 g/mol. The third kappa shape index (κ3) is 6.12. The molecule has 0 spiro atoms. The van der Waals surface area contributed by atoms with Crippen molar-refractivity contribution in [1.82, 2.24) is 0 Å². The molecule has 5 fully saturated rings. The van der Waals surface area contributed by atoms with Crippen LogP contribution in [-0.4, -0.2) is 116 Å². The summed E-state index contributed by atoms with van der Waals surface area (Å²) >= 11 is 0. The number of fused-ring (bicyclic) bond motifs is 7. The van der Waals surface area contributed by atoms with Gasteiger partial charge in [0.1, 0.15) is 24.4 Å². The van der Waals surface area contributed by atoms with E-state index >= 15 is 0 Å². The van der Waals surface area contributed by atoms with E-state index in [1.54, 1.807) is 6.92 Å². The zero-order valence-electron chi connectivity index (χ0n) is 29.0. The summed E-state index contributed by atoms with van der Waals surface area (Å²) in [5.41, 5.74) is -1.14. The van der Waals surface area contributed by atoms with Gasteiger partial charge in [-0.05, 0) is 85.9 Å². The van der Waals surface area contributed by atoms with Gasteiger partial charge in [0.25, 0.3) is 0 Å². The van der Waals surface area contributed by atoms with Crippen LogP contribution >= 0.6 is 0 Å². The minimum Gasteiger partial charge on any atom is -0.479 e. The molecule has 7 N–H and O–H groups in total. The highest BCUT2D eigenvalue weighted by Gasteiger charge is 2.70. The molecule has 2 heterocycles. The summed E-state index contributed by atoms with van der Waals surface area (Å²) in [7, 11) is -4.87. The second-order valence-corrected chi connectivity index (χ2v) is 17.8. The smallest absolute Gasteiger partial charge is 0.397 e. The molecule has 0 aromatic rings. The fourth-order valence-corrected chi connectivity index (χ4v) is 11.5. The van der Waals surface area contributed by atoms with E-state index in [1.807, 2.05) is 20.8 Å². The highest BCUT2D eigenvalue weighted by molar-refractivity contribution is 7.80. The zero-order chi connectivity index (χ0) is 36.2. The van der Waals surface area contributed by atoms with Gasteiger partial charge in [-0.3, -0.25) is 4.55 Å². The summed E-state index contributed by atoms with van der Waals surface area (Å²) in [6, 6.07) is 0. The van der Waals surface area contributed by atoms with Crippen molar-refractivity contribution in [2.45, 2.75) is 147 Å². The Bertz CT molecular complexity index is 1420. The highest BCUT2D eigenvalue weighted by Crippen LogP contribution is 2.69. The maximum atomic E-state index is 12.2. The van der Waals surface area contributed by atoms with Crippen molar-refractivity contribution >= 4 is 16.4 Å². The minimum absolute atomic E-state index is 0.000452. The number of aliphatic hydroxyl groups is 5. The van der Waals surface area contributed by atoms with Gasteiger partial charge in [-0.1, -0.05) is 46.3 Å². The second kappa shape index (κ2) is 12.7. The number of carboxylic acid groups (broad SMARTS) is 1. The molecule has 0 aromatic heterocycles. The van der Waals surface area contributed by atoms with Crippen molar-refractivity contribution in [2.24, 2.45) is 46.3 Å². The quantitative estimate of drug-likeness (QED) is 0.107. The van der Waals surface area contributed by atoms with E-state index in [2.05, 4.69) is 19.9 Å². The Morgan fingerprint density at radius 2 is 1.67 bits per heavy atom. The molecular formula is C34H54O14S. The molecule has 15 heteroatoms. The molecule has 6 rings (SSSR count). The molecule has 0 aromatic carbocycles. The van der Waals surface area contributed by atoms with Crippen molar-refractivity contribution in [3.63, 3.8) is 0 Å². The lowest BCUT2D eigenvalue weighted by molar-refractivity contribution is -0.309. The highest BCUT2D eigenvalue weighted by atomic mass is 32.3. The van der Waals surface area contributed by atoms with Crippen LogP contribution in [0.5, 0.6) is 0 Å². The normalized spacial score (nSPS) is 50.9. The van der Waals surface area contributed by atoms with Crippen LogP contribution in [0.15, 0.2) is 11.6 Å². The van der Waals surface area contributed by atoms with Crippen LogP contribution < -0.4 is 0 Å². The van der Waals surface area contributed by atoms with Crippen molar-refractivity contribution in [3.05, 3.63) is 11.6 Å². The van der Waals surface area contributed by atoms with Gasteiger partial charge in [0.15, 0.2) is 12.4 Å². The summed E-state index contributed by atoms with van der Waals surface area (Å²) in [5, 5.41) is 63.7. The van der Waals surface area contributed by atoms with Crippen LogP contribution in [-0.2, 0) is 33.6 Å². The van der Waals surface area contributed by atoms with Gasteiger partial charge < -0.3 is 44.8 Å². The first-order valence-corrected chi connectivity index (χ1v) is 19.0. The average molecular weight is 719 g/mol. The predicted molar refractivity (Wildman–Crippen MR) is 171 cm³/mol. The largest absolute Gasteiger partial charge is 0.479 e. The lowest BCUT2D eigenvalue weighted by Gasteiger charge is -2.59. The van der Waals surface area contributed by atoms with E-state index < -0.39 is 93.8 Å². The lowest BCUT2D eigenvalue weighted by atomic mass is 9.47. The van der Waals surface area contributed by atoms with Crippen LogP contribution in [0.1, 0.15) is 80.1 Å². The maximum Gasteiger partial charge on any atom is 0.397 e. The summed E-state index contributed by atoms with van der Waals surface area (Å²) < 4.78 is 57.7. The zero-order valence-corrected chi connectivity index (χ0v) is 29.8. The number of aliphatic carboxylic acids is 1. The molecule has 280 valence electrons. The van der Waals surface area contributed by atoms with E-state index in [4.69, 9.17) is 18.4 Å². The van der Waals surface area contributed by atoms with Crippen molar-refractivity contribution < 1.29 is 66.8 Å². The number of hydrogen-bond donors (Lipinski definition) is 7. The topological polar surface area (TPSA) is 230 Å². The van der Waals surface area contributed by atoms with E-state index in [1.165, 1.54) is 0 Å². The fourth-order valence-electron chi connectivity index (χ4n) is 11.0. The molecule has 2 saturated heterocycles. The molecule has 18 atom stereocenters. The van der Waals surface area contributed by atoms with Crippen LogP contribution in [0.3, 0.4) is 0 Å². The molecule has 0 amide bonds. The summed E-state index contributed by atoms with van der Waals surface area (Å²) in [6.45, 7) is 12.0. The molecule has 4 aliphatic carbocycles. The molecule has 0 bridgehead atoms. The van der Waals surface area contributed by atoms with E-state index in [0.29, 0.717) is 25.7 Å². The van der Waals surface area contributed by atoms with E-state index in [9.17, 15) is 48.4 Å². The first-order chi connectivity index (χ1) is 22.6. The van der Waals surface area contributed by atoms with Crippen LogP contribution in [0.2, 0.25) is 0 Å². The van der Waals surface area contributed by atoms with Gasteiger partial charge in [0.05, 0.1) is 30.0 Å². The molecule has 0 radical (unpaired) electrons. The predicted octanol–water partition coefficient (Wildman–Crippen LogP) is 1.42. The van der Waals surface area contributed by atoms with Crippen molar-refractivity contribution in [3.8, 4) is 0 Å². The summed E-state index contributed by atoms with van der Waals surface area (Å²) in [4.78, 5) is 11.6. The molecule has 0 unspecified atom stereocenters. The first kappa shape index (κ1) is 37.5. The number of rotatable bonds is 8. The number of ether oxygens (including phenoxy) is 3. The number of hydrogen-bond acceptors (Lipinski definition) is 12. The van der Waals surface area contributed by atoms with Crippen LogP contribution in [0.4, 0.5) is 0 Å². The number of carbonyl (C=O) groups is 1. The van der Waals surface area contributed by atoms with Gasteiger partial charge in [-0.25, -0.2) is 8.98 Å². The Balaban J connectivity index is 1.27.